The largest absolute Gasteiger partial charge is 0.396 e. The van der Waals surface area contributed by atoms with Gasteiger partial charge >= 0.3 is 0 Å². The molecule has 1 aliphatic heterocycles. The Labute approximate surface area is 280 Å². The highest BCUT2D eigenvalue weighted by Crippen LogP contribution is 2.35. The summed E-state index contributed by atoms with van der Waals surface area (Å²) in [6.07, 6.45) is 6.03. The Morgan fingerprint density at radius 2 is 1.37 bits per heavy atom. The summed E-state index contributed by atoms with van der Waals surface area (Å²) in [6.45, 7) is 11.9. The van der Waals surface area contributed by atoms with Gasteiger partial charge in [0.05, 0.1) is 23.6 Å². The van der Waals surface area contributed by atoms with Gasteiger partial charge in [0.2, 0.25) is 11.8 Å². The summed E-state index contributed by atoms with van der Waals surface area (Å²) in [4.78, 5) is 27.8. The maximum Gasteiger partial charge on any atom is 0.227 e. The number of unbranched alkanes of at least 4 members (excludes halogenated alkanes) is 4. The predicted molar refractivity (Wildman–Crippen MR) is 199 cm³/mol. The lowest BCUT2D eigenvalue weighted by Gasteiger charge is -2.30. The molecule has 8 heteroatoms. The van der Waals surface area contributed by atoms with E-state index in [-0.39, 0.29) is 32.1 Å². The van der Waals surface area contributed by atoms with E-state index in [1.165, 1.54) is 19.3 Å². The molecule has 3 aromatic rings. The molecule has 0 atom stereocenters. The molecule has 1 aliphatic rings. The summed E-state index contributed by atoms with van der Waals surface area (Å²) in [5.41, 5.74) is 17.0. The molecule has 0 aliphatic carbocycles. The van der Waals surface area contributed by atoms with Crippen molar-refractivity contribution < 1.29 is 9.59 Å². The second-order valence-electron chi connectivity index (χ2n) is 10.0. The van der Waals surface area contributed by atoms with Crippen molar-refractivity contribution in [2.45, 2.75) is 100 Å². The molecule has 0 bridgehead atoms. The van der Waals surface area contributed by atoms with Gasteiger partial charge in [-0.15, -0.1) is 0 Å². The molecule has 0 aromatic heterocycles. The van der Waals surface area contributed by atoms with E-state index < -0.39 is 0 Å². The number of anilines is 1. The van der Waals surface area contributed by atoms with E-state index in [2.05, 4.69) is 43.3 Å². The molecule has 0 spiro atoms. The zero-order valence-electron chi connectivity index (χ0n) is 28.1. The molecular formula is C38H58BN5O2. The predicted octanol–water partition coefficient (Wildman–Crippen LogP) is 7.69. The lowest BCUT2D eigenvalue weighted by Crippen LogP contribution is -2.34. The maximum absolute atomic E-state index is 13.6. The number of nitrogens with one attached hydrogen (secondary N) is 2. The van der Waals surface area contributed by atoms with Crippen molar-refractivity contribution in [2.24, 2.45) is 11.4 Å². The third kappa shape index (κ3) is 13.1. The number of carbonyl (C=O) groups is 2. The second kappa shape index (κ2) is 25.2. The minimum Gasteiger partial charge on any atom is -0.396 e. The van der Waals surface area contributed by atoms with Gasteiger partial charge < -0.3 is 26.9 Å². The van der Waals surface area contributed by atoms with Crippen molar-refractivity contribution in [3.63, 3.8) is 0 Å². The first-order chi connectivity index (χ1) is 22.1. The number of para-hydroxylation sites is 1. The molecule has 3 aromatic carbocycles. The molecule has 6 N–H and O–H groups in total. The highest BCUT2D eigenvalue weighted by atomic mass is 16.2. The third-order valence-corrected chi connectivity index (χ3v) is 7.15. The van der Waals surface area contributed by atoms with Gasteiger partial charge in [0.25, 0.3) is 0 Å². The first-order valence-corrected chi connectivity index (χ1v) is 16.4. The molecule has 0 saturated carbocycles. The Balaban J connectivity index is 0.00000273. The average molecular weight is 628 g/mol. The van der Waals surface area contributed by atoms with E-state index in [9.17, 15) is 9.59 Å². The Morgan fingerprint density at radius 1 is 0.783 bits per heavy atom. The fourth-order valence-electron chi connectivity index (χ4n) is 4.97. The van der Waals surface area contributed by atoms with Crippen LogP contribution in [0.2, 0.25) is 0 Å². The number of carbonyl (C=O) groups excluding carboxylic acids is 2. The highest BCUT2D eigenvalue weighted by Gasteiger charge is 2.26. The molecule has 0 fully saturated rings. The molecule has 7 nitrogen and oxygen atoms in total. The molecule has 2 amide bonds. The number of rotatable bonds is 12. The number of amides is 2. The van der Waals surface area contributed by atoms with Crippen molar-refractivity contribution in [1.29, 1.82) is 0 Å². The monoisotopic (exact) mass is 627 g/mol. The van der Waals surface area contributed by atoms with Gasteiger partial charge in [-0.2, -0.15) is 0 Å². The summed E-state index contributed by atoms with van der Waals surface area (Å²) >= 11 is 0. The second-order valence-corrected chi connectivity index (χ2v) is 10.0. The Bertz CT molecular complexity index is 1300. The minimum absolute atomic E-state index is 0. The molecule has 46 heavy (non-hydrogen) atoms. The summed E-state index contributed by atoms with van der Waals surface area (Å²) in [5, 5.41) is 6.54. The minimum atomic E-state index is -0.0937. The lowest BCUT2D eigenvalue weighted by molar-refractivity contribution is -0.125. The van der Waals surface area contributed by atoms with Crippen LogP contribution in [-0.2, 0) is 22.7 Å². The van der Waals surface area contributed by atoms with Crippen LogP contribution in [0, 0.1) is 0 Å². The van der Waals surface area contributed by atoms with Gasteiger partial charge in [0, 0.05) is 37.1 Å². The average Bonchev–Trinajstić information content (AvgIpc) is 3.10. The van der Waals surface area contributed by atoms with Crippen LogP contribution in [0.15, 0.2) is 78.9 Å². The quantitative estimate of drug-likeness (QED) is 0.121. The van der Waals surface area contributed by atoms with Gasteiger partial charge in [0.15, 0.2) is 7.98 Å². The first kappa shape index (κ1) is 42.0. The fourth-order valence-corrected chi connectivity index (χ4v) is 4.97. The summed E-state index contributed by atoms with van der Waals surface area (Å²) in [5.74, 6) is -0.171. The standard InChI is InChI=1S/C33H40N4O2.2C2H6.CH4.BH2N/c1-2-3-4-5-13-22-35-30(38)20-21-31(39)37-24-26-16-9-10-17-27(26)33(36-23-25-14-7-6-8-15-25)32(34)28-18-11-12-19-29(28)37;2*1-2;;1-2/h6-12,14-19,36H,2-5,13,20-24,34H2,1H3,(H,35,38);2*1-2H3;1H4;2H2/b33-32-;;;;. The summed E-state index contributed by atoms with van der Waals surface area (Å²) in [6, 6.07) is 26.0. The van der Waals surface area contributed by atoms with E-state index in [4.69, 9.17) is 5.73 Å². The normalized spacial score (nSPS) is 12.7. The van der Waals surface area contributed by atoms with Crippen LogP contribution in [0.3, 0.4) is 0 Å². The number of hydrogen-bond donors (Lipinski definition) is 4. The molecular weight excluding hydrogens is 569 g/mol. The van der Waals surface area contributed by atoms with Gasteiger partial charge in [-0.3, -0.25) is 9.59 Å². The molecule has 1 heterocycles. The lowest BCUT2D eigenvalue weighted by atomic mass is 9.95. The van der Waals surface area contributed by atoms with E-state index in [0.29, 0.717) is 25.3 Å². The first-order valence-electron chi connectivity index (χ1n) is 16.4. The number of nitrogens with two attached hydrogens (primary N) is 2. The van der Waals surface area contributed by atoms with Gasteiger partial charge in [0.1, 0.15) is 0 Å². The Hall–Kier alpha value is -4.04. The van der Waals surface area contributed by atoms with Crippen LogP contribution in [0.25, 0.3) is 11.4 Å². The third-order valence-electron chi connectivity index (χ3n) is 7.15. The van der Waals surface area contributed by atoms with Crippen LogP contribution < -0.4 is 26.9 Å². The van der Waals surface area contributed by atoms with Crippen LogP contribution in [0.1, 0.15) is 109 Å². The number of fused-ring (bicyclic) bond motifs is 2. The molecule has 0 saturated heterocycles. The van der Waals surface area contributed by atoms with Gasteiger partial charge in [-0.25, -0.2) is 0 Å². The zero-order valence-corrected chi connectivity index (χ0v) is 28.1. The van der Waals surface area contributed by atoms with Crippen molar-refractivity contribution in [3.8, 4) is 0 Å². The van der Waals surface area contributed by atoms with E-state index in [1.54, 1.807) is 4.90 Å². The highest BCUT2D eigenvalue weighted by molar-refractivity contribution is 6.02. The topological polar surface area (TPSA) is 113 Å². The van der Waals surface area contributed by atoms with Crippen LogP contribution in [0.4, 0.5) is 5.69 Å². The number of benzene rings is 3. The molecule has 2 radical (unpaired) electrons. The van der Waals surface area contributed by atoms with Crippen molar-refractivity contribution in [3.05, 3.63) is 101 Å². The fraction of sp³-hybridized carbons (Fsp3) is 0.421. The SMILES string of the molecule is C.CC.CC.CCCCCCCNC(=O)CCC(=O)N1Cc2ccccc2/C(NCc2ccccc2)=C(/N)c2ccccc21.[B]N. The molecule has 250 valence electrons. The summed E-state index contributed by atoms with van der Waals surface area (Å²) < 4.78 is 0. The van der Waals surface area contributed by atoms with Gasteiger partial charge in [-0.1, -0.05) is 141 Å². The maximum atomic E-state index is 13.6. The summed E-state index contributed by atoms with van der Waals surface area (Å²) in [7, 11) is 4.00. The molecule has 0 unspecified atom stereocenters. The van der Waals surface area contributed by atoms with E-state index in [1.807, 2.05) is 94.4 Å². The van der Waals surface area contributed by atoms with E-state index >= 15 is 0 Å². The van der Waals surface area contributed by atoms with E-state index in [0.717, 1.165) is 46.5 Å². The number of nitrogens with zero attached hydrogens (tertiary/aromatic N) is 1. The van der Waals surface area contributed by atoms with Crippen molar-refractivity contribution in [2.75, 3.05) is 11.4 Å². The zero-order chi connectivity index (χ0) is 33.5. The van der Waals surface area contributed by atoms with Crippen LogP contribution in [-0.4, -0.2) is 26.3 Å². The Kier molecular flexibility index (Phi) is 23.0. The van der Waals surface area contributed by atoms with Gasteiger partial charge in [-0.05, 0) is 23.6 Å². The van der Waals surface area contributed by atoms with Crippen molar-refractivity contribution in [1.82, 2.24) is 10.6 Å². The van der Waals surface area contributed by atoms with Crippen molar-refractivity contribution >= 4 is 36.9 Å². The van der Waals surface area contributed by atoms with Crippen LogP contribution >= 0.6 is 0 Å². The van der Waals surface area contributed by atoms with Crippen LogP contribution in [0.5, 0.6) is 0 Å². The Morgan fingerprint density at radius 3 is 2.04 bits per heavy atom. The molecule has 4 rings (SSSR count). The smallest absolute Gasteiger partial charge is 0.227 e. The number of hydrogen-bond acceptors (Lipinski definition) is 5.